The third kappa shape index (κ3) is 4.07. The molecule has 0 saturated carbocycles. The van der Waals surface area contributed by atoms with E-state index in [1.54, 1.807) is 24.4 Å². The van der Waals surface area contributed by atoms with Crippen LogP contribution in [0.1, 0.15) is 20.8 Å². The molecule has 8 heteroatoms. The van der Waals surface area contributed by atoms with Crippen LogP contribution in [0.25, 0.3) is 10.9 Å². The molecule has 2 aromatic carbocycles. The highest BCUT2D eigenvalue weighted by Crippen LogP contribution is 2.23. The second-order valence-corrected chi connectivity index (χ2v) is 6.30. The van der Waals surface area contributed by atoms with Gasteiger partial charge in [0.15, 0.2) is 0 Å². The first-order valence-corrected chi connectivity index (χ1v) is 9.07. The Morgan fingerprint density at radius 3 is 2.63 bits per heavy atom. The van der Waals surface area contributed by atoms with Crippen LogP contribution in [0.3, 0.4) is 0 Å². The largest absolute Gasteiger partial charge is 0.465 e. The SMILES string of the molecule is COC(=O)c1cccc(NC(=O)c2ccnc(Nc3cccc4cccnc34)n2)c1. The number of ether oxygens (including phenoxy) is 1. The van der Waals surface area contributed by atoms with Crippen LogP contribution in [-0.4, -0.2) is 33.9 Å². The van der Waals surface area contributed by atoms with Gasteiger partial charge in [-0.25, -0.2) is 14.8 Å². The van der Waals surface area contributed by atoms with Crippen LogP contribution in [0.15, 0.2) is 73.1 Å². The van der Waals surface area contributed by atoms with E-state index in [9.17, 15) is 9.59 Å². The molecule has 8 nitrogen and oxygen atoms in total. The highest BCUT2D eigenvalue weighted by molar-refractivity contribution is 6.03. The molecule has 0 radical (unpaired) electrons. The molecular weight excluding hydrogens is 382 g/mol. The standard InChI is InChI=1S/C22H17N5O3/c1-30-21(29)15-6-2-8-16(13-15)25-20(28)18-10-12-24-22(27-18)26-17-9-3-5-14-7-4-11-23-19(14)17/h2-13H,1H3,(H,25,28)(H,24,26,27). The van der Waals surface area contributed by atoms with Crippen LogP contribution in [-0.2, 0) is 4.74 Å². The smallest absolute Gasteiger partial charge is 0.337 e. The fraction of sp³-hybridized carbons (Fsp3) is 0.0455. The Morgan fingerprint density at radius 2 is 1.77 bits per heavy atom. The molecule has 0 unspecified atom stereocenters. The monoisotopic (exact) mass is 399 g/mol. The molecule has 0 saturated heterocycles. The van der Waals surface area contributed by atoms with Gasteiger partial charge in [-0.1, -0.05) is 24.3 Å². The fourth-order valence-electron chi connectivity index (χ4n) is 2.91. The van der Waals surface area contributed by atoms with E-state index in [-0.39, 0.29) is 11.6 Å². The maximum absolute atomic E-state index is 12.6. The summed E-state index contributed by atoms with van der Waals surface area (Å²) in [6.45, 7) is 0. The van der Waals surface area contributed by atoms with Gasteiger partial charge in [0.25, 0.3) is 5.91 Å². The van der Waals surface area contributed by atoms with Gasteiger partial charge in [-0.2, -0.15) is 0 Å². The second-order valence-electron chi connectivity index (χ2n) is 6.30. The lowest BCUT2D eigenvalue weighted by Crippen LogP contribution is -2.15. The number of nitrogens with one attached hydrogen (secondary N) is 2. The van der Waals surface area contributed by atoms with Gasteiger partial charge in [-0.15, -0.1) is 0 Å². The fourth-order valence-corrected chi connectivity index (χ4v) is 2.91. The third-order valence-electron chi connectivity index (χ3n) is 4.31. The number of anilines is 3. The van der Waals surface area contributed by atoms with Crippen LogP contribution in [0, 0.1) is 0 Å². The Labute approximate surface area is 172 Å². The number of para-hydroxylation sites is 1. The van der Waals surface area contributed by atoms with Gasteiger partial charge in [0.05, 0.1) is 23.9 Å². The van der Waals surface area contributed by atoms with Gasteiger partial charge in [-0.05, 0) is 36.4 Å². The molecule has 0 atom stereocenters. The van der Waals surface area contributed by atoms with E-state index in [0.29, 0.717) is 11.3 Å². The number of hydrogen-bond donors (Lipinski definition) is 2. The van der Waals surface area contributed by atoms with Crippen molar-refractivity contribution in [1.29, 1.82) is 0 Å². The predicted molar refractivity (Wildman–Crippen MR) is 113 cm³/mol. The quantitative estimate of drug-likeness (QED) is 0.492. The maximum Gasteiger partial charge on any atom is 0.337 e. The van der Waals surface area contributed by atoms with Crippen molar-refractivity contribution in [2.45, 2.75) is 0 Å². The third-order valence-corrected chi connectivity index (χ3v) is 4.31. The van der Waals surface area contributed by atoms with Crippen LogP contribution in [0.4, 0.5) is 17.3 Å². The van der Waals surface area contributed by atoms with Crippen molar-refractivity contribution in [3.8, 4) is 0 Å². The number of methoxy groups -OCH3 is 1. The van der Waals surface area contributed by atoms with E-state index >= 15 is 0 Å². The summed E-state index contributed by atoms with van der Waals surface area (Å²) in [5.74, 6) is -0.647. The average molecular weight is 399 g/mol. The first-order chi connectivity index (χ1) is 14.6. The van der Waals surface area contributed by atoms with Gasteiger partial charge < -0.3 is 15.4 Å². The molecule has 0 fully saturated rings. The zero-order valence-corrected chi connectivity index (χ0v) is 16.0. The number of rotatable bonds is 5. The van der Waals surface area contributed by atoms with Gasteiger partial charge in [0, 0.05) is 23.5 Å². The zero-order chi connectivity index (χ0) is 20.9. The lowest BCUT2D eigenvalue weighted by Gasteiger charge is -2.09. The van der Waals surface area contributed by atoms with Crippen LogP contribution in [0.5, 0.6) is 0 Å². The summed E-state index contributed by atoms with van der Waals surface area (Å²) < 4.78 is 4.70. The lowest BCUT2D eigenvalue weighted by molar-refractivity contribution is 0.0600. The summed E-state index contributed by atoms with van der Waals surface area (Å²) in [7, 11) is 1.30. The van der Waals surface area contributed by atoms with E-state index in [1.165, 1.54) is 25.4 Å². The minimum atomic E-state index is -0.483. The van der Waals surface area contributed by atoms with E-state index in [2.05, 4.69) is 25.6 Å². The van der Waals surface area contributed by atoms with Crippen molar-refractivity contribution < 1.29 is 14.3 Å². The Kier molecular flexibility index (Phi) is 5.29. The normalized spacial score (nSPS) is 10.4. The Morgan fingerprint density at radius 1 is 0.933 bits per heavy atom. The zero-order valence-electron chi connectivity index (χ0n) is 16.0. The highest BCUT2D eigenvalue weighted by Gasteiger charge is 2.12. The second kappa shape index (κ2) is 8.36. The van der Waals surface area contributed by atoms with E-state index in [4.69, 9.17) is 4.74 Å². The lowest BCUT2D eigenvalue weighted by atomic mass is 10.2. The Balaban J connectivity index is 1.54. The number of fused-ring (bicyclic) bond motifs is 1. The van der Waals surface area contributed by atoms with Crippen LogP contribution < -0.4 is 10.6 Å². The topological polar surface area (TPSA) is 106 Å². The average Bonchev–Trinajstić information content (AvgIpc) is 2.79. The Bertz CT molecular complexity index is 1240. The molecule has 30 heavy (non-hydrogen) atoms. The first kappa shape index (κ1) is 19.0. The maximum atomic E-state index is 12.6. The van der Waals surface area contributed by atoms with Gasteiger partial charge in [0.2, 0.25) is 5.95 Å². The number of esters is 1. The number of amides is 1. The number of benzene rings is 2. The first-order valence-electron chi connectivity index (χ1n) is 9.07. The molecule has 2 N–H and O–H groups in total. The number of hydrogen-bond acceptors (Lipinski definition) is 7. The molecule has 0 spiro atoms. The Hall–Kier alpha value is -4.33. The summed E-state index contributed by atoms with van der Waals surface area (Å²) >= 11 is 0. The molecule has 4 aromatic rings. The summed E-state index contributed by atoms with van der Waals surface area (Å²) in [4.78, 5) is 37.2. The molecule has 0 aliphatic heterocycles. The highest BCUT2D eigenvalue weighted by atomic mass is 16.5. The summed E-state index contributed by atoms with van der Waals surface area (Å²) in [6, 6.07) is 17.5. The van der Waals surface area contributed by atoms with Crippen molar-refractivity contribution >= 4 is 40.1 Å². The number of pyridine rings is 1. The number of nitrogens with zero attached hydrogens (tertiary/aromatic N) is 3. The van der Waals surface area contributed by atoms with Gasteiger partial charge >= 0.3 is 5.97 Å². The summed E-state index contributed by atoms with van der Waals surface area (Å²) in [5, 5.41) is 6.81. The minimum absolute atomic E-state index is 0.171. The molecule has 0 aliphatic carbocycles. The predicted octanol–water partition coefficient (Wildman–Crippen LogP) is 3.81. The van der Waals surface area contributed by atoms with E-state index < -0.39 is 11.9 Å². The van der Waals surface area contributed by atoms with E-state index in [0.717, 1.165) is 16.6 Å². The van der Waals surface area contributed by atoms with Crippen molar-refractivity contribution in [2.75, 3.05) is 17.7 Å². The minimum Gasteiger partial charge on any atom is -0.465 e. The molecule has 4 rings (SSSR count). The molecule has 0 bridgehead atoms. The van der Waals surface area contributed by atoms with Crippen molar-refractivity contribution in [2.24, 2.45) is 0 Å². The number of carbonyl (C=O) groups excluding carboxylic acids is 2. The van der Waals surface area contributed by atoms with Gasteiger partial charge in [-0.3, -0.25) is 9.78 Å². The summed E-state index contributed by atoms with van der Waals surface area (Å²) in [6.07, 6.45) is 3.20. The van der Waals surface area contributed by atoms with Crippen molar-refractivity contribution in [1.82, 2.24) is 15.0 Å². The number of aromatic nitrogens is 3. The van der Waals surface area contributed by atoms with Crippen molar-refractivity contribution in [3.05, 3.63) is 84.3 Å². The van der Waals surface area contributed by atoms with E-state index in [1.807, 2.05) is 30.3 Å². The molecule has 1 amide bonds. The van der Waals surface area contributed by atoms with Crippen LogP contribution >= 0.6 is 0 Å². The molecule has 148 valence electrons. The summed E-state index contributed by atoms with van der Waals surface area (Å²) in [5.41, 5.74) is 2.47. The number of carbonyl (C=O) groups is 2. The molecule has 2 heterocycles. The molecule has 0 aliphatic rings. The van der Waals surface area contributed by atoms with Crippen LogP contribution in [0.2, 0.25) is 0 Å². The molecule has 2 aromatic heterocycles. The molecular formula is C22H17N5O3. The van der Waals surface area contributed by atoms with Gasteiger partial charge in [0.1, 0.15) is 5.69 Å². The van der Waals surface area contributed by atoms with Crippen molar-refractivity contribution in [3.63, 3.8) is 0 Å².